The molecule has 0 spiro atoms. The third-order valence-electron chi connectivity index (χ3n) is 4.93. The summed E-state index contributed by atoms with van der Waals surface area (Å²) in [6.07, 6.45) is 5.57. The second-order valence-corrected chi connectivity index (χ2v) is 7.46. The molecule has 4 rings (SSSR count). The Hall–Kier alpha value is -1.91. The molecule has 0 fully saturated rings. The number of nitrogens with one attached hydrogen (secondary N) is 1. The van der Waals surface area contributed by atoms with Crippen LogP contribution in [0.25, 0.3) is 0 Å². The van der Waals surface area contributed by atoms with Crippen LogP contribution in [-0.4, -0.2) is 9.78 Å². The predicted octanol–water partition coefficient (Wildman–Crippen LogP) is 4.86. The molecule has 4 heteroatoms. The lowest BCUT2D eigenvalue weighted by molar-refractivity contribution is 0.449. The molecule has 3 nitrogen and oxygen atoms in total. The van der Waals surface area contributed by atoms with Gasteiger partial charge in [0.1, 0.15) is 0 Å². The summed E-state index contributed by atoms with van der Waals surface area (Å²) < 4.78 is 3.34. The molecule has 0 amide bonds. The van der Waals surface area contributed by atoms with Gasteiger partial charge in [0, 0.05) is 28.3 Å². The fourth-order valence-corrected chi connectivity index (χ4v) is 4.02. The third kappa shape index (κ3) is 3.70. The molecule has 0 saturated heterocycles. The van der Waals surface area contributed by atoms with E-state index < -0.39 is 0 Å². The van der Waals surface area contributed by atoms with Crippen LogP contribution in [0.15, 0.2) is 65.3 Å². The van der Waals surface area contributed by atoms with Crippen LogP contribution >= 0.6 is 15.9 Å². The van der Waals surface area contributed by atoms with Crippen molar-refractivity contribution in [1.29, 1.82) is 0 Å². The highest BCUT2D eigenvalue weighted by molar-refractivity contribution is 9.10. The monoisotopic (exact) mass is 395 g/mol. The highest BCUT2D eigenvalue weighted by atomic mass is 79.9. The minimum absolute atomic E-state index is 0.389. The number of fused-ring (bicyclic) bond motifs is 1. The fraction of sp³-hybridized carbons (Fsp3) is 0.286. The van der Waals surface area contributed by atoms with E-state index in [4.69, 9.17) is 0 Å². The maximum absolute atomic E-state index is 4.68. The zero-order valence-corrected chi connectivity index (χ0v) is 15.7. The Bertz CT molecular complexity index is 841. The average Bonchev–Trinajstić information content (AvgIpc) is 3.05. The standard InChI is InChI=1S/C21H22BrN3/c22-19-10-5-4-9-17(19)13-23-20-11-6-12-21-18(20)14-24-25(21)15-16-7-2-1-3-8-16/h1-5,7-10,14,20,23H,6,11-13,15H2/t20-/m1/s1. The molecule has 1 aliphatic rings. The molecule has 3 aromatic rings. The van der Waals surface area contributed by atoms with Crippen molar-refractivity contribution in [2.45, 2.75) is 38.4 Å². The smallest absolute Gasteiger partial charge is 0.0662 e. The number of benzene rings is 2. The number of hydrogen-bond acceptors (Lipinski definition) is 2. The Morgan fingerprint density at radius 2 is 1.88 bits per heavy atom. The summed E-state index contributed by atoms with van der Waals surface area (Å²) in [5.74, 6) is 0. The van der Waals surface area contributed by atoms with Crippen LogP contribution in [0.4, 0.5) is 0 Å². The molecule has 0 aliphatic heterocycles. The van der Waals surface area contributed by atoms with E-state index in [2.05, 4.69) is 91.8 Å². The van der Waals surface area contributed by atoms with Gasteiger partial charge in [-0.05, 0) is 36.5 Å². The van der Waals surface area contributed by atoms with Gasteiger partial charge < -0.3 is 5.32 Å². The number of halogens is 1. The SMILES string of the molecule is Brc1ccccc1CN[C@@H]1CCCc2c1cnn2Cc1ccccc1. The van der Waals surface area contributed by atoms with E-state index in [1.165, 1.54) is 39.7 Å². The van der Waals surface area contributed by atoms with Crippen molar-refractivity contribution in [2.75, 3.05) is 0 Å². The fourth-order valence-electron chi connectivity index (χ4n) is 3.60. The quantitative estimate of drug-likeness (QED) is 0.668. The van der Waals surface area contributed by atoms with Gasteiger partial charge in [0.25, 0.3) is 0 Å². The molecule has 0 saturated carbocycles. The highest BCUT2D eigenvalue weighted by Gasteiger charge is 2.24. The van der Waals surface area contributed by atoms with Gasteiger partial charge in [0.2, 0.25) is 0 Å². The predicted molar refractivity (Wildman–Crippen MR) is 104 cm³/mol. The first-order valence-corrected chi connectivity index (χ1v) is 9.66. The number of nitrogens with zero attached hydrogens (tertiary/aromatic N) is 2. The molecule has 1 heterocycles. The molecule has 1 atom stereocenters. The summed E-state index contributed by atoms with van der Waals surface area (Å²) >= 11 is 3.64. The van der Waals surface area contributed by atoms with Crippen LogP contribution in [-0.2, 0) is 19.5 Å². The summed E-state index contributed by atoms with van der Waals surface area (Å²) in [5.41, 5.74) is 5.36. The van der Waals surface area contributed by atoms with Gasteiger partial charge in [0.05, 0.1) is 12.7 Å². The van der Waals surface area contributed by atoms with Crippen molar-refractivity contribution in [3.8, 4) is 0 Å². The van der Waals surface area contributed by atoms with Gasteiger partial charge >= 0.3 is 0 Å². The van der Waals surface area contributed by atoms with Crippen LogP contribution in [0.3, 0.4) is 0 Å². The van der Waals surface area contributed by atoms with E-state index in [0.29, 0.717) is 6.04 Å². The van der Waals surface area contributed by atoms with Crippen molar-refractivity contribution in [1.82, 2.24) is 15.1 Å². The lowest BCUT2D eigenvalue weighted by Gasteiger charge is -2.24. The molecule has 25 heavy (non-hydrogen) atoms. The Morgan fingerprint density at radius 3 is 2.72 bits per heavy atom. The zero-order chi connectivity index (χ0) is 17.1. The first-order valence-electron chi connectivity index (χ1n) is 8.86. The van der Waals surface area contributed by atoms with Crippen LogP contribution < -0.4 is 5.32 Å². The van der Waals surface area contributed by atoms with Gasteiger partial charge in [-0.15, -0.1) is 0 Å². The lowest BCUT2D eigenvalue weighted by Crippen LogP contribution is -2.25. The summed E-state index contributed by atoms with van der Waals surface area (Å²) in [5, 5.41) is 8.41. The van der Waals surface area contributed by atoms with Crippen molar-refractivity contribution >= 4 is 15.9 Å². The van der Waals surface area contributed by atoms with Crippen LogP contribution in [0, 0.1) is 0 Å². The number of aromatic nitrogens is 2. The van der Waals surface area contributed by atoms with E-state index in [-0.39, 0.29) is 0 Å². The molecule has 128 valence electrons. The van der Waals surface area contributed by atoms with Gasteiger partial charge in [-0.1, -0.05) is 64.5 Å². The first kappa shape index (κ1) is 16.6. The second kappa shape index (κ2) is 7.54. The Kier molecular flexibility index (Phi) is 4.99. The molecule has 0 radical (unpaired) electrons. The molecule has 0 unspecified atom stereocenters. The summed E-state index contributed by atoms with van der Waals surface area (Å²) in [6, 6.07) is 19.4. The summed E-state index contributed by atoms with van der Waals surface area (Å²) in [7, 11) is 0. The Morgan fingerprint density at radius 1 is 1.08 bits per heavy atom. The topological polar surface area (TPSA) is 29.9 Å². The zero-order valence-electron chi connectivity index (χ0n) is 14.2. The normalized spacial score (nSPS) is 16.6. The molecule has 0 bridgehead atoms. The van der Waals surface area contributed by atoms with Crippen LogP contribution in [0.5, 0.6) is 0 Å². The maximum atomic E-state index is 4.68. The minimum atomic E-state index is 0.389. The largest absolute Gasteiger partial charge is 0.306 e. The molecule has 1 N–H and O–H groups in total. The molecule has 2 aromatic carbocycles. The third-order valence-corrected chi connectivity index (χ3v) is 5.71. The van der Waals surface area contributed by atoms with Crippen molar-refractivity contribution < 1.29 is 0 Å². The van der Waals surface area contributed by atoms with Crippen molar-refractivity contribution in [3.05, 3.63) is 87.7 Å². The van der Waals surface area contributed by atoms with E-state index >= 15 is 0 Å². The Balaban J connectivity index is 1.50. The van der Waals surface area contributed by atoms with E-state index in [9.17, 15) is 0 Å². The van der Waals surface area contributed by atoms with E-state index in [0.717, 1.165) is 19.5 Å². The van der Waals surface area contributed by atoms with Gasteiger partial charge in [-0.25, -0.2) is 0 Å². The van der Waals surface area contributed by atoms with E-state index in [1.807, 2.05) is 0 Å². The second-order valence-electron chi connectivity index (χ2n) is 6.61. The average molecular weight is 396 g/mol. The summed E-state index contributed by atoms with van der Waals surface area (Å²) in [6.45, 7) is 1.72. The van der Waals surface area contributed by atoms with Gasteiger partial charge in [-0.3, -0.25) is 4.68 Å². The molecular weight excluding hydrogens is 374 g/mol. The Labute approximate surface area is 157 Å². The van der Waals surface area contributed by atoms with Gasteiger partial charge in [-0.2, -0.15) is 5.10 Å². The van der Waals surface area contributed by atoms with Crippen LogP contribution in [0.2, 0.25) is 0 Å². The maximum Gasteiger partial charge on any atom is 0.0662 e. The molecular formula is C21H22BrN3. The van der Waals surface area contributed by atoms with Crippen molar-refractivity contribution in [2.24, 2.45) is 0 Å². The lowest BCUT2D eigenvalue weighted by atomic mass is 9.92. The van der Waals surface area contributed by atoms with Gasteiger partial charge in [0.15, 0.2) is 0 Å². The minimum Gasteiger partial charge on any atom is -0.306 e. The molecule has 1 aliphatic carbocycles. The summed E-state index contributed by atoms with van der Waals surface area (Å²) in [4.78, 5) is 0. The van der Waals surface area contributed by atoms with E-state index in [1.54, 1.807) is 0 Å². The first-order chi connectivity index (χ1) is 12.3. The molecule has 1 aromatic heterocycles. The van der Waals surface area contributed by atoms with Crippen LogP contribution in [0.1, 0.15) is 41.3 Å². The number of rotatable bonds is 5. The number of hydrogen-bond donors (Lipinski definition) is 1. The highest BCUT2D eigenvalue weighted by Crippen LogP contribution is 2.30. The van der Waals surface area contributed by atoms with Crippen molar-refractivity contribution in [3.63, 3.8) is 0 Å².